The molecule has 1 aromatic heterocycles. The summed E-state index contributed by atoms with van der Waals surface area (Å²) in [7, 11) is -3.76. The molecule has 1 fully saturated rings. The molecule has 1 aliphatic heterocycles. The van der Waals surface area contributed by atoms with Crippen LogP contribution in [0.2, 0.25) is 0 Å². The number of aryl methyl sites for hydroxylation is 1. The smallest absolute Gasteiger partial charge is 0.243 e. The number of piperidine rings is 1. The Hall–Kier alpha value is -2.22. The molecule has 208 valence electrons. The summed E-state index contributed by atoms with van der Waals surface area (Å²) >= 11 is 0.798. The fourth-order valence-corrected chi connectivity index (χ4v) is 7.12. The number of nitrogens with zero attached hydrogens (tertiary/aromatic N) is 3. The highest BCUT2D eigenvalue weighted by Gasteiger charge is 2.30. The Kier molecular flexibility index (Phi) is 9.00. The van der Waals surface area contributed by atoms with Gasteiger partial charge in [-0.2, -0.15) is 4.31 Å². The summed E-state index contributed by atoms with van der Waals surface area (Å²) in [4.78, 5) is 4.56. The quantitative estimate of drug-likeness (QED) is 0.0992. The first-order chi connectivity index (χ1) is 18.1. The van der Waals surface area contributed by atoms with Crippen LogP contribution in [0.4, 0.5) is 22.0 Å². The third-order valence-corrected chi connectivity index (χ3v) is 9.33. The van der Waals surface area contributed by atoms with Gasteiger partial charge in [-0.3, -0.25) is 0 Å². The van der Waals surface area contributed by atoms with Crippen LogP contribution in [0.25, 0.3) is 11.0 Å². The van der Waals surface area contributed by atoms with Gasteiger partial charge in [-0.15, -0.1) is 0 Å². The second kappa shape index (κ2) is 11.9. The van der Waals surface area contributed by atoms with Gasteiger partial charge in [-0.25, -0.2) is 35.4 Å². The van der Waals surface area contributed by atoms with Gasteiger partial charge in [-0.05, 0) is 50.3 Å². The first kappa shape index (κ1) is 28.8. The van der Waals surface area contributed by atoms with Gasteiger partial charge in [0.2, 0.25) is 15.8 Å². The van der Waals surface area contributed by atoms with E-state index in [0.717, 1.165) is 24.6 Å². The molecule has 1 saturated heterocycles. The maximum absolute atomic E-state index is 14.2. The molecule has 0 saturated carbocycles. The number of sulfonamides is 1. The van der Waals surface area contributed by atoms with Crippen molar-refractivity contribution >= 4 is 32.8 Å². The summed E-state index contributed by atoms with van der Waals surface area (Å²) in [5.41, 5.74) is -0.0402. The topological polar surface area (TPSA) is 64.4 Å². The lowest BCUT2D eigenvalue weighted by atomic mass is 10.0. The number of imidazole rings is 1. The molecule has 4 rings (SSSR count). The number of aromatic nitrogens is 2. The molecule has 38 heavy (non-hydrogen) atoms. The fourth-order valence-electron chi connectivity index (χ4n) is 4.47. The van der Waals surface area contributed by atoms with Crippen LogP contribution in [0.5, 0.6) is 0 Å². The van der Waals surface area contributed by atoms with Gasteiger partial charge in [-0.1, -0.05) is 18.7 Å². The van der Waals surface area contributed by atoms with Gasteiger partial charge in [0.1, 0.15) is 0 Å². The maximum atomic E-state index is 14.2. The van der Waals surface area contributed by atoms with Gasteiger partial charge in [0.15, 0.2) is 28.4 Å². The van der Waals surface area contributed by atoms with Crippen molar-refractivity contribution in [1.82, 2.24) is 13.9 Å². The standard InChI is InChI=1S/C25H28F5N3O3S2/c1-3-36-11-5-10-33-19-8-7-16(38(34,35)32-9-4-6-15(2)13-32)12-18(19)31-25(33)37-14-17-20(26)22(28)24(30)23(29)21(17)27/h7-8,12,15H,3-6,9-11,13-14H2,1-2H3/t15-/m1/s1. The minimum atomic E-state index is -3.76. The van der Waals surface area contributed by atoms with Crippen molar-refractivity contribution in [3.8, 4) is 0 Å². The Morgan fingerprint density at radius 2 is 1.76 bits per heavy atom. The molecule has 0 aliphatic carbocycles. The van der Waals surface area contributed by atoms with E-state index in [-0.39, 0.29) is 16.0 Å². The summed E-state index contributed by atoms with van der Waals surface area (Å²) in [5, 5.41) is 0.251. The van der Waals surface area contributed by atoms with E-state index in [4.69, 9.17) is 4.74 Å². The van der Waals surface area contributed by atoms with Crippen molar-refractivity contribution in [1.29, 1.82) is 0 Å². The minimum absolute atomic E-state index is 0.0781. The summed E-state index contributed by atoms with van der Waals surface area (Å²) in [6.45, 7) is 6.03. The van der Waals surface area contributed by atoms with Crippen LogP contribution >= 0.6 is 11.8 Å². The number of ether oxygens (including phenoxy) is 1. The number of hydrogen-bond donors (Lipinski definition) is 0. The lowest BCUT2D eigenvalue weighted by Gasteiger charge is -2.30. The number of rotatable bonds is 10. The fraction of sp³-hybridized carbons (Fsp3) is 0.480. The van der Waals surface area contributed by atoms with Crippen LogP contribution in [-0.4, -0.2) is 48.6 Å². The number of benzene rings is 2. The third kappa shape index (κ3) is 5.70. The van der Waals surface area contributed by atoms with Crippen molar-refractivity contribution in [3.63, 3.8) is 0 Å². The van der Waals surface area contributed by atoms with E-state index in [1.54, 1.807) is 10.6 Å². The monoisotopic (exact) mass is 577 g/mol. The average molecular weight is 578 g/mol. The largest absolute Gasteiger partial charge is 0.382 e. The molecule has 1 atom stereocenters. The molecular formula is C25H28F5N3O3S2. The normalized spacial score (nSPS) is 17.0. The molecule has 13 heteroatoms. The van der Waals surface area contributed by atoms with Crippen LogP contribution in [0, 0.1) is 35.0 Å². The van der Waals surface area contributed by atoms with E-state index >= 15 is 0 Å². The van der Waals surface area contributed by atoms with E-state index < -0.39 is 50.4 Å². The maximum Gasteiger partial charge on any atom is 0.243 e. The van der Waals surface area contributed by atoms with Crippen LogP contribution in [0.3, 0.4) is 0 Å². The lowest BCUT2D eigenvalue weighted by molar-refractivity contribution is 0.141. The zero-order chi connectivity index (χ0) is 27.6. The second-order valence-electron chi connectivity index (χ2n) is 9.19. The predicted molar refractivity (Wildman–Crippen MR) is 134 cm³/mol. The van der Waals surface area contributed by atoms with E-state index in [1.807, 2.05) is 13.8 Å². The molecular weight excluding hydrogens is 549 g/mol. The third-order valence-electron chi connectivity index (χ3n) is 6.46. The summed E-state index contributed by atoms with van der Waals surface area (Å²) < 4.78 is 104. The molecule has 0 spiro atoms. The molecule has 0 bridgehead atoms. The highest BCUT2D eigenvalue weighted by atomic mass is 32.2. The molecule has 0 amide bonds. The second-order valence-corrected chi connectivity index (χ2v) is 12.1. The molecule has 6 nitrogen and oxygen atoms in total. The number of thioether (sulfide) groups is 1. The first-order valence-corrected chi connectivity index (χ1v) is 14.7. The van der Waals surface area contributed by atoms with Crippen LogP contribution in [0.15, 0.2) is 28.3 Å². The van der Waals surface area contributed by atoms with E-state index in [9.17, 15) is 30.4 Å². The zero-order valence-electron chi connectivity index (χ0n) is 20.9. The number of fused-ring (bicyclic) bond motifs is 1. The lowest BCUT2D eigenvalue weighted by Crippen LogP contribution is -2.39. The van der Waals surface area contributed by atoms with Crippen molar-refractivity contribution in [2.45, 2.75) is 55.5 Å². The SMILES string of the molecule is CCOCCCn1c(SCc2c(F)c(F)c(F)c(F)c2F)nc2cc(S(=O)(=O)N3CCC[C@@H](C)C3)ccc21. The van der Waals surface area contributed by atoms with Gasteiger partial charge in [0.05, 0.1) is 15.9 Å². The molecule has 0 N–H and O–H groups in total. The number of halogens is 5. The molecule has 3 aromatic rings. The van der Waals surface area contributed by atoms with Crippen LogP contribution in [0.1, 0.15) is 38.7 Å². The van der Waals surface area contributed by atoms with Crippen molar-refractivity contribution in [2.75, 3.05) is 26.3 Å². The Labute approximate surface area is 222 Å². The molecule has 0 radical (unpaired) electrons. The van der Waals surface area contributed by atoms with Crippen LogP contribution in [-0.2, 0) is 27.1 Å². The van der Waals surface area contributed by atoms with E-state index in [0.29, 0.717) is 50.3 Å². The van der Waals surface area contributed by atoms with Crippen molar-refractivity contribution in [2.24, 2.45) is 5.92 Å². The molecule has 1 aliphatic rings. The van der Waals surface area contributed by atoms with Gasteiger partial charge in [0, 0.05) is 44.2 Å². The Balaban J connectivity index is 1.68. The van der Waals surface area contributed by atoms with Crippen molar-refractivity contribution in [3.05, 3.63) is 52.8 Å². The molecule has 0 unspecified atom stereocenters. The Morgan fingerprint density at radius 1 is 1.08 bits per heavy atom. The number of hydrogen-bond acceptors (Lipinski definition) is 5. The predicted octanol–water partition coefficient (Wildman–Crippen LogP) is 5.87. The Bertz CT molecular complexity index is 1400. The minimum Gasteiger partial charge on any atom is -0.382 e. The molecule has 2 aromatic carbocycles. The summed E-state index contributed by atoms with van der Waals surface area (Å²) in [6.07, 6.45) is 2.29. The van der Waals surface area contributed by atoms with Gasteiger partial charge in [0.25, 0.3) is 0 Å². The average Bonchev–Trinajstić information content (AvgIpc) is 3.25. The highest BCUT2D eigenvalue weighted by molar-refractivity contribution is 7.98. The Morgan fingerprint density at radius 3 is 2.42 bits per heavy atom. The summed E-state index contributed by atoms with van der Waals surface area (Å²) in [6, 6.07) is 4.56. The first-order valence-electron chi connectivity index (χ1n) is 12.3. The van der Waals surface area contributed by atoms with Crippen molar-refractivity contribution < 1.29 is 35.1 Å². The zero-order valence-corrected chi connectivity index (χ0v) is 22.6. The van der Waals surface area contributed by atoms with Gasteiger partial charge >= 0.3 is 0 Å². The molecule has 2 heterocycles. The van der Waals surface area contributed by atoms with Gasteiger partial charge < -0.3 is 9.30 Å². The van der Waals surface area contributed by atoms with E-state index in [2.05, 4.69) is 4.98 Å². The van der Waals surface area contributed by atoms with E-state index in [1.165, 1.54) is 16.4 Å². The summed E-state index contributed by atoms with van der Waals surface area (Å²) in [5.74, 6) is -10.3. The highest BCUT2D eigenvalue weighted by Crippen LogP contribution is 2.33. The van der Waals surface area contributed by atoms with Crippen LogP contribution < -0.4 is 0 Å².